The van der Waals surface area contributed by atoms with E-state index in [4.69, 9.17) is 0 Å². The van der Waals surface area contributed by atoms with Crippen LogP contribution in [-0.4, -0.2) is 43.3 Å². The van der Waals surface area contributed by atoms with Gasteiger partial charge in [0.05, 0.1) is 0 Å². The van der Waals surface area contributed by atoms with Gasteiger partial charge in [0.15, 0.2) is 18.4 Å². The first kappa shape index (κ1) is 37.8. The zero-order valence-electron chi connectivity index (χ0n) is 31.4. The maximum atomic E-state index is 2.34. The third-order valence-electron chi connectivity index (χ3n) is 9.51. The lowest BCUT2D eigenvalue weighted by Gasteiger charge is -2.20. The van der Waals surface area contributed by atoms with Crippen molar-refractivity contribution in [1.82, 2.24) is 4.57 Å². The van der Waals surface area contributed by atoms with E-state index in [0.29, 0.717) is 0 Å². The molecule has 6 rings (SSSR count). The fourth-order valence-corrected chi connectivity index (χ4v) is 8.29. The SMILES string of the molecule is Cc1cc(/C=C/c2ccc(N(C)CCSSCCN(C)c3ccc(/C=C/c4cc[n+](Cc5ccccc5)c(C)c4)cc3)cc2)cn1Cc1ccccc1. The van der Waals surface area contributed by atoms with E-state index >= 15 is 0 Å². The van der Waals surface area contributed by atoms with Crippen LogP contribution in [0.2, 0.25) is 0 Å². The number of aromatic nitrogens is 2. The minimum absolute atomic E-state index is 0.891. The number of benzene rings is 4. The Morgan fingerprint density at radius 3 is 1.62 bits per heavy atom. The molecule has 0 aliphatic heterocycles. The summed E-state index contributed by atoms with van der Waals surface area (Å²) in [4.78, 5) is 4.69. The van der Waals surface area contributed by atoms with E-state index in [-0.39, 0.29) is 0 Å². The molecule has 2 aromatic heterocycles. The van der Waals surface area contributed by atoms with Crippen LogP contribution >= 0.6 is 21.6 Å². The van der Waals surface area contributed by atoms with Gasteiger partial charge in [-0.25, -0.2) is 0 Å². The fraction of sp³-hybridized carbons (Fsp3) is 0.213. The van der Waals surface area contributed by atoms with E-state index in [1.807, 2.05) is 21.6 Å². The number of hydrogen-bond donors (Lipinski definition) is 0. The highest BCUT2D eigenvalue weighted by Gasteiger charge is 2.08. The average Bonchev–Trinajstić information content (AvgIpc) is 3.54. The lowest BCUT2D eigenvalue weighted by molar-refractivity contribution is -0.694. The molecule has 0 radical (unpaired) electrons. The van der Waals surface area contributed by atoms with Gasteiger partial charge in [0.2, 0.25) is 0 Å². The Bertz CT molecular complexity index is 2070. The maximum Gasteiger partial charge on any atom is 0.179 e. The summed E-state index contributed by atoms with van der Waals surface area (Å²) < 4.78 is 4.60. The quantitative estimate of drug-likeness (QED) is 0.0526. The molecule has 0 saturated carbocycles. The van der Waals surface area contributed by atoms with Crippen LogP contribution in [0.15, 0.2) is 140 Å². The normalized spacial score (nSPS) is 11.5. The van der Waals surface area contributed by atoms with Gasteiger partial charge in [0, 0.05) is 93.1 Å². The number of hydrogen-bond acceptors (Lipinski definition) is 4. The fourth-order valence-electron chi connectivity index (χ4n) is 6.20. The number of aryl methyl sites for hydroxylation is 2. The number of rotatable bonds is 17. The predicted molar refractivity (Wildman–Crippen MR) is 234 cm³/mol. The van der Waals surface area contributed by atoms with Crippen LogP contribution in [0.25, 0.3) is 24.3 Å². The molecule has 0 aliphatic carbocycles. The predicted octanol–water partition coefficient (Wildman–Crippen LogP) is 10.8. The standard InChI is InChI=1S/C47H51N4S2/c1-38-33-42(27-28-50(38)35-43-11-7-5-8-12-43)17-15-40-19-23-46(24-20-40)48(3)29-31-52-53-32-30-49(4)47-25-21-41(22-26-47)16-18-45-34-39(2)51(37-45)36-44-13-9-6-10-14-44/h5-28,33-34,37H,29-32,35-36H2,1-4H3/q+1/b18-16+. The van der Waals surface area contributed by atoms with Crippen molar-refractivity contribution in [3.63, 3.8) is 0 Å². The molecule has 53 heavy (non-hydrogen) atoms. The second-order valence-electron chi connectivity index (χ2n) is 13.6. The van der Waals surface area contributed by atoms with Gasteiger partial charge >= 0.3 is 0 Å². The Hall–Kier alpha value is -4.91. The van der Waals surface area contributed by atoms with Crippen molar-refractivity contribution in [2.45, 2.75) is 26.9 Å². The average molecular weight is 736 g/mol. The summed E-state index contributed by atoms with van der Waals surface area (Å²) >= 11 is 0. The van der Waals surface area contributed by atoms with Crippen molar-refractivity contribution in [3.05, 3.63) is 185 Å². The van der Waals surface area contributed by atoms with E-state index in [1.165, 1.54) is 56.1 Å². The number of pyridine rings is 1. The van der Waals surface area contributed by atoms with E-state index in [0.717, 1.165) is 37.7 Å². The topological polar surface area (TPSA) is 15.3 Å². The third kappa shape index (κ3) is 11.5. The van der Waals surface area contributed by atoms with Crippen molar-refractivity contribution in [2.24, 2.45) is 0 Å². The Morgan fingerprint density at radius 1 is 0.566 bits per heavy atom. The molecule has 270 valence electrons. The van der Waals surface area contributed by atoms with Crippen molar-refractivity contribution >= 4 is 57.3 Å². The molecule has 0 amide bonds. The van der Waals surface area contributed by atoms with Gasteiger partial charge < -0.3 is 14.4 Å². The van der Waals surface area contributed by atoms with Crippen LogP contribution in [0.5, 0.6) is 0 Å². The molecule has 0 bridgehead atoms. The summed E-state index contributed by atoms with van der Waals surface area (Å²) in [5.41, 5.74) is 12.5. The minimum atomic E-state index is 0.891. The minimum Gasteiger partial charge on any atom is -0.374 e. The Morgan fingerprint density at radius 2 is 1.08 bits per heavy atom. The molecule has 0 aliphatic rings. The zero-order chi connectivity index (χ0) is 36.8. The Kier molecular flexibility index (Phi) is 13.7. The highest BCUT2D eigenvalue weighted by Crippen LogP contribution is 2.24. The van der Waals surface area contributed by atoms with E-state index in [9.17, 15) is 0 Å². The van der Waals surface area contributed by atoms with Crippen LogP contribution in [0, 0.1) is 13.8 Å². The Balaban J connectivity index is 0.873. The monoisotopic (exact) mass is 735 g/mol. The van der Waals surface area contributed by atoms with Crippen molar-refractivity contribution < 1.29 is 4.57 Å². The van der Waals surface area contributed by atoms with E-state index in [2.05, 4.69) is 211 Å². The summed E-state index contributed by atoms with van der Waals surface area (Å²) in [5, 5.41) is 0. The molecule has 0 spiro atoms. The molecule has 2 heterocycles. The van der Waals surface area contributed by atoms with Crippen LogP contribution in [0.3, 0.4) is 0 Å². The molecule has 4 aromatic carbocycles. The first-order valence-corrected chi connectivity index (χ1v) is 20.9. The highest BCUT2D eigenvalue weighted by atomic mass is 33.1. The van der Waals surface area contributed by atoms with Crippen LogP contribution < -0.4 is 14.4 Å². The second-order valence-corrected chi connectivity index (χ2v) is 16.3. The molecule has 6 aromatic rings. The highest BCUT2D eigenvalue weighted by molar-refractivity contribution is 8.76. The summed E-state index contributed by atoms with van der Waals surface area (Å²) in [5.74, 6) is 2.17. The van der Waals surface area contributed by atoms with Crippen molar-refractivity contribution in [3.8, 4) is 0 Å². The number of nitrogens with zero attached hydrogens (tertiary/aromatic N) is 4. The molecule has 0 unspecified atom stereocenters. The first-order valence-electron chi connectivity index (χ1n) is 18.4. The van der Waals surface area contributed by atoms with Crippen LogP contribution in [-0.2, 0) is 13.1 Å². The van der Waals surface area contributed by atoms with Gasteiger partial charge in [0.1, 0.15) is 0 Å². The van der Waals surface area contributed by atoms with Crippen molar-refractivity contribution in [2.75, 3.05) is 48.5 Å². The first-order chi connectivity index (χ1) is 25.9. The van der Waals surface area contributed by atoms with Gasteiger partial charge in [-0.05, 0) is 65.1 Å². The van der Waals surface area contributed by atoms with E-state index < -0.39 is 0 Å². The maximum absolute atomic E-state index is 2.34. The van der Waals surface area contributed by atoms with Gasteiger partial charge in [-0.15, -0.1) is 0 Å². The second kappa shape index (κ2) is 19.2. The number of anilines is 2. The summed E-state index contributed by atoms with van der Waals surface area (Å²) in [6.45, 7) is 8.17. The van der Waals surface area contributed by atoms with Crippen LogP contribution in [0.1, 0.15) is 44.8 Å². The largest absolute Gasteiger partial charge is 0.374 e. The Labute approximate surface area is 324 Å². The van der Waals surface area contributed by atoms with Gasteiger partial charge in [0.25, 0.3) is 0 Å². The van der Waals surface area contributed by atoms with Crippen LogP contribution in [0.4, 0.5) is 11.4 Å². The molecule has 0 atom stereocenters. The third-order valence-corrected chi connectivity index (χ3v) is 11.9. The molecular weight excluding hydrogens is 685 g/mol. The zero-order valence-corrected chi connectivity index (χ0v) is 33.1. The lowest BCUT2D eigenvalue weighted by atomic mass is 10.1. The lowest BCUT2D eigenvalue weighted by Crippen LogP contribution is -2.37. The summed E-state index contributed by atoms with van der Waals surface area (Å²) in [6, 6.07) is 45.7. The summed E-state index contributed by atoms with van der Waals surface area (Å²) in [6.07, 6.45) is 13.2. The molecular formula is C47H51N4S2+. The molecule has 0 fully saturated rings. The van der Waals surface area contributed by atoms with Gasteiger partial charge in [-0.3, -0.25) is 0 Å². The van der Waals surface area contributed by atoms with E-state index in [1.54, 1.807) is 0 Å². The molecule has 0 N–H and O–H groups in total. The molecule has 4 nitrogen and oxygen atoms in total. The smallest absolute Gasteiger partial charge is 0.179 e. The molecule has 0 saturated heterocycles. The van der Waals surface area contributed by atoms with Gasteiger partial charge in [-0.1, -0.05) is 131 Å². The molecule has 6 heteroatoms. The summed E-state index contributed by atoms with van der Waals surface area (Å²) in [7, 11) is 8.29. The van der Waals surface area contributed by atoms with Gasteiger partial charge in [-0.2, -0.15) is 4.57 Å². The van der Waals surface area contributed by atoms with Crippen molar-refractivity contribution in [1.29, 1.82) is 0 Å².